The summed E-state index contributed by atoms with van der Waals surface area (Å²) < 4.78 is 10.8. The summed E-state index contributed by atoms with van der Waals surface area (Å²) in [5.74, 6) is 0.820. The zero-order valence-electron chi connectivity index (χ0n) is 12.1. The minimum Gasteiger partial charge on any atom is -0.496 e. The van der Waals surface area contributed by atoms with Gasteiger partial charge in [0.15, 0.2) is 0 Å². The molecular weight excluding hydrogens is 242 g/mol. The Morgan fingerprint density at radius 1 is 1.21 bits per heavy atom. The Labute approximate surface area is 115 Å². The van der Waals surface area contributed by atoms with Crippen LogP contribution in [0.4, 0.5) is 0 Å². The molecule has 0 aliphatic heterocycles. The Hall–Kier alpha value is -1.10. The first kappa shape index (κ1) is 16.0. The standard InChI is InChI=1S/C15H25NO3/c1-4-16(5-2)10-14(17)12-19-11-13-8-6-7-9-15(13)18-3/h6-9,14,17H,4-5,10-12H2,1-3H3. The fourth-order valence-corrected chi connectivity index (χ4v) is 1.96. The summed E-state index contributed by atoms with van der Waals surface area (Å²) in [5, 5.41) is 9.89. The molecule has 0 aromatic heterocycles. The zero-order valence-corrected chi connectivity index (χ0v) is 12.1. The number of hydrogen-bond acceptors (Lipinski definition) is 4. The number of hydrogen-bond donors (Lipinski definition) is 1. The average molecular weight is 267 g/mol. The largest absolute Gasteiger partial charge is 0.496 e. The number of benzene rings is 1. The molecule has 0 bridgehead atoms. The van der Waals surface area contributed by atoms with Gasteiger partial charge in [-0.15, -0.1) is 0 Å². The van der Waals surface area contributed by atoms with Crippen molar-refractivity contribution in [2.75, 3.05) is 33.4 Å². The smallest absolute Gasteiger partial charge is 0.124 e. The first-order valence-corrected chi connectivity index (χ1v) is 6.81. The first-order valence-electron chi connectivity index (χ1n) is 6.81. The molecule has 0 saturated carbocycles. The predicted molar refractivity (Wildman–Crippen MR) is 76.4 cm³/mol. The van der Waals surface area contributed by atoms with Crippen LogP contribution >= 0.6 is 0 Å². The van der Waals surface area contributed by atoms with E-state index in [4.69, 9.17) is 9.47 Å². The third-order valence-corrected chi connectivity index (χ3v) is 3.12. The number of para-hydroxylation sites is 1. The molecule has 1 N–H and O–H groups in total. The van der Waals surface area contributed by atoms with Gasteiger partial charge in [0.1, 0.15) is 5.75 Å². The van der Waals surface area contributed by atoms with Crippen molar-refractivity contribution in [3.8, 4) is 5.75 Å². The molecule has 108 valence electrons. The Kier molecular flexibility index (Phi) is 7.48. The second-order valence-corrected chi connectivity index (χ2v) is 4.47. The van der Waals surface area contributed by atoms with E-state index in [0.717, 1.165) is 24.4 Å². The molecule has 1 atom stereocenters. The highest BCUT2D eigenvalue weighted by atomic mass is 16.5. The van der Waals surface area contributed by atoms with Crippen molar-refractivity contribution in [1.29, 1.82) is 0 Å². The summed E-state index contributed by atoms with van der Waals surface area (Å²) in [6.45, 7) is 7.52. The molecule has 0 heterocycles. The van der Waals surface area contributed by atoms with E-state index in [-0.39, 0.29) is 0 Å². The van der Waals surface area contributed by atoms with Crippen molar-refractivity contribution in [3.05, 3.63) is 29.8 Å². The van der Waals surface area contributed by atoms with Gasteiger partial charge in [-0.05, 0) is 19.2 Å². The van der Waals surface area contributed by atoms with Gasteiger partial charge < -0.3 is 19.5 Å². The summed E-state index contributed by atoms with van der Waals surface area (Å²) in [6.07, 6.45) is -0.449. The minimum atomic E-state index is -0.449. The van der Waals surface area contributed by atoms with Crippen molar-refractivity contribution in [2.45, 2.75) is 26.6 Å². The van der Waals surface area contributed by atoms with Crippen molar-refractivity contribution < 1.29 is 14.6 Å². The lowest BCUT2D eigenvalue weighted by atomic mass is 10.2. The summed E-state index contributed by atoms with van der Waals surface area (Å²) >= 11 is 0. The van der Waals surface area contributed by atoms with Gasteiger partial charge in [-0.2, -0.15) is 0 Å². The summed E-state index contributed by atoms with van der Waals surface area (Å²) in [7, 11) is 1.65. The second-order valence-electron chi connectivity index (χ2n) is 4.47. The van der Waals surface area contributed by atoms with E-state index in [1.807, 2.05) is 24.3 Å². The van der Waals surface area contributed by atoms with Crippen LogP contribution in [0, 0.1) is 0 Å². The number of rotatable bonds is 9. The highest BCUT2D eigenvalue weighted by Gasteiger charge is 2.09. The maximum atomic E-state index is 9.89. The van der Waals surface area contributed by atoms with Gasteiger partial charge in [-0.1, -0.05) is 32.0 Å². The molecule has 4 nitrogen and oxygen atoms in total. The molecule has 0 radical (unpaired) electrons. The highest BCUT2D eigenvalue weighted by molar-refractivity contribution is 5.32. The maximum absolute atomic E-state index is 9.89. The molecule has 0 amide bonds. The van der Waals surface area contributed by atoms with Crippen LogP contribution in [0.5, 0.6) is 5.75 Å². The fourth-order valence-electron chi connectivity index (χ4n) is 1.96. The van der Waals surface area contributed by atoms with Gasteiger partial charge in [0.05, 0.1) is 26.4 Å². The Morgan fingerprint density at radius 3 is 2.53 bits per heavy atom. The molecule has 0 saturated heterocycles. The van der Waals surface area contributed by atoms with Gasteiger partial charge in [0, 0.05) is 12.1 Å². The Bertz CT molecular complexity index is 353. The zero-order chi connectivity index (χ0) is 14.1. The normalized spacial score (nSPS) is 12.7. The number of nitrogens with zero attached hydrogens (tertiary/aromatic N) is 1. The van der Waals surface area contributed by atoms with E-state index < -0.39 is 6.10 Å². The van der Waals surface area contributed by atoms with Gasteiger partial charge in [0.2, 0.25) is 0 Å². The molecule has 19 heavy (non-hydrogen) atoms. The Balaban J connectivity index is 2.33. The first-order chi connectivity index (χ1) is 9.21. The third kappa shape index (κ3) is 5.59. The molecule has 0 spiro atoms. The molecule has 0 aliphatic carbocycles. The third-order valence-electron chi connectivity index (χ3n) is 3.12. The summed E-state index contributed by atoms with van der Waals surface area (Å²) in [6, 6.07) is 7.76. The van der Waals surface area contributed by atoms with Crippen LogP contribution in [-0.2, 0) is 11.3 Å². The van der Waals surface area contributed by atoms with Crippen molar-refractivity contribution in [2.24, 2.45) is 0 Å². The molecule has 1 unspecified atom stereocenters. The molecule has 1 aromatic rings. The number of ether oxygens (including phenoxy) is 2. The van der Waals surface area contributed by atoms with E-state index in [1.54, 1.807) is 7.11 Å². The number of aliphatic hydroxyl groups is 1. The van der Waals surface area contributed by atoms with Crippen LogP contribution in [0.25, 0.3) is 0 Å². The quantitative estimate of drug-likeness (QED) is 0.742. The van der Waals surface area contributed by atoms with E-state index in [0.29, 0.717) is 19.8 Å². The lowest BCUT2D eigenvalue weighted by molar-refractivity contribution is 0.0109. The van der Waals surface area contributed by atoms with Gasteiger partial charge >= 0.3 is 0 Å². The lowest BCUT2D eigenvalue weighted by Gasteiger charge is -2.21. The average Bonchev–Trinajstić information content (AvgIpc) is 2.45. The van der Waals surface area contributed by atoms with Gasteiger partial charge in [-0.3, -0.25) is 0 Å². The van der Waals surface area contributed by atoms with E-state index in [1.165, 1.54) is 0 Å². The predicted octanol–water partition coefficient (Wildman–Crippen LogP) is 1.91. The number of methoxy groups -OCH3 is 1. The van der Waals surface area contributed by atoms with Crippen molar-refractivity contribution in [1.82, 2.24) is 4.90 Å². The molecule has 0 fully saturated rings. The topological polar surface area (TPSA) is 41.9 Å². The van der Waals surface area contributed by atoms with Crippen LogP contribution in [0.3, 0.4) is 0 Å². The lowest BCUT2D eigenvalue weighted by Crippen LogP contribution is -2.34. The molecule has 0 aliphatic rings. The fraction of sp³-hybridized carbons (Fsp3) is 0.600. The number of aliphatic hydroxyl groups excluding tert-OH is 1. The monoisotopic (exact) mass is 267 g/mol. The van der Waals surface area contributed by atoms with Crippen molar-refractivity contribution >= 4 is 0 Å². The Morgan fingerprint density at radius 2 is 1.89 bits per heavy atom. The van der Waals surface area contributed by atoms with Crippen LogP contribution in [-0.4, -0.2) is 49.5 Å². The van der Waals surface area contributed by atoms with Crippen LogP contribution in [0.1, 0.15) is 19.4 Å². The molecule has 1 aromatic carbocycles. The van der Waals surface area contributed by atoms with E-state index in [9.17, 15) is 5.11 Å². The summed E-state index contributed by atoms with van der Waals surface area (Å²) in [4.78, 5) is 2.18. The minimum absolute atomic E-state index is 0.342. The molecule has 4 heteroatoms. The highest BCUT2D eigenvalue weighted by Crippen LogP contribution is 2.17. The van der Waals surface area contributed by atoms with Crippen molar-refractivity contribution in [3.63, 3.8) is 0 Å². The van der Waals surface area contributed by atoms with Crippen LogP contribution < -0.4 is 4.74 Å². The maximum Gasteiger partial charge on any atom is 0.124 e. The SMILES string of the molecule is CCN(CC)CC(O)COCc1ccccc1OC. The summed E-state index contributed by atoms with van der Waals surface area (Å²) in [5.41, 5.74) is 1.00. The van der Waals surface area contributed by atoms with Crippen LogP contribution in [0.15, 0.2) is 24.3 Å². The van der Waals surface area contributed by atoms with E-state index >= 15 is 0 Å². The van der Waals surface area contributed by atoms with Gasteiger partial charge in [-0.25, -0.2) is 0 Å². The number of likely N-dealkylation sites (N-methyl/N-ethyl adjacent to an activating group) is 1. The van der Waals surface area contributed by atoms with Crippen LogP contribution in [0.2, 0.25) is 0 Å². The molecular formula is C15H25NO3. The molecule has 1 rings (SSSR count). The van der Waals surface area contributed by atoms with Gasteiger partial charge in [0.25, 0.3) is 0 Å². The second kappa shape index (κ2) is 8.91. The van der Waals surface area contributed by atoms with E-state index in [2.05, 4.69) is 18.7 Å².